The SMILES string of the molecule is Fc1ccccc1COC1(c2ccc(Cl)cc2)CCNCC1OCc1ccc(Cl)c(Cl)c1. The molecule has 0 bridgehead atoms. The molecule has 0 radical (unpaired) electrons. The van der Waals surface area contributed by atoms with Crippen LogP contribution in [-0.4, -0.2) is 19.2 Å². The Bertz CT molecular complexity index is 1060. The molecule has 2 atom stereocenters. The minimum atomic E-state index is -0.770. The van der Waals surface area contributed by atoms with E-state index in [1.54, 1.807) is 30.3 Å². The van der Waals surface area contributed by atoms with E-state index < -0.39 is 5.60 Å². The highest BCUT2D eigenvalue weighted by Crippen LogP contribution is 2.39. The highest BCUT2D eigenvalue weighted by molar-refractivity contribution is 6.42. The molecule has 0 aromatic heterocycles. The summed E-state index contributed by atoms with van der Waals surface area (Å²) >= 11 is 18.3. The van der Waals surface area contributed by atoms with Crippen molar-refractivity contribution in [1.29, 1.82) is 0 Å². The van der Waals surface area contributed by atoms with E-state index >= 15 is 0 Å². The summed E-state index contributed by atoms with van der Waals surface area (Å²) in [5.74, 6) is -0.291. The number of hydrogen-bond donors (Lipinski definition) is 1. The van der Waals surface area contributed by atoms with E-state index in [-0.39, 0.29) is 18.5 Å². The molecule has 0 saturated carbocycles. The maximum atomic E-state index is 14.3. The summed E-state index contributed by atoms with van der Waals surface area (Å²) in [5.41, 5.74) is 1.58. The Morgan fingerprint density at radius 1 is 0.938 bits per heavy atom. The zero-order valence-electron chi connectivity index (χ0n) is 17.3. The van der Waals surface area contributed by atoms with Gasteiger partial charge in [-0.25, -0.2) is 4.39 Å². The molecule has 0 spiro atoms. The van der Waals surface area contributed by atoms with Crippen LogP contribution in [0.4, 0.5) is 4.39 Å². The smallest absolute Gasteiger partial charge is 0.128 e. The Balaban J connectivity index is 1.62. The quantitative estimate of drug-likeness (QED) is 0.393. The molecule has 1 aliphatic heterocycles. The van der Waals surface area contributed by atoms with Crippen LogP contribution < -0.4 is 5.32 Å². The Hall–Kier alpha value is -1.66. The molecule has 2 unspecified atom stereocenters. The minimum absolute atomic E-state index is 0.127. The van der Waals surface area contributed by atoms with E-state index in [9.17, 15) is 4.39 Å². The van der Waals surface area contributed by atoms with E-state index in [1.807, 2.05) is 30.3 Å². The van der Waals surface area contributed by atoms with Crippen LogP contribution in [0, 0.1) is 5.82 Å². The second-order valence-electron chi connectivity index (χ2n) is 7.78. The summed E-state index contributed by atoms with van der Waals surface area (Å²) in [5, 5.41) is 5.00. The van der Waals surface area contributed by atoms with Gasteiger partial charge in [0.2, 0.25) is 0 Å². The molecule has 1 saturated heterocycles. The molecular formula is C25H23Cl3FNO2. The van der Waals surface area contributed by atoms with E-state index in [0.29, 0.717) is 40.2 Å². The zero-order valence-corrected chi connectivity index (χ0v) is 19.6. The first-order valence-corrected chi connectivity index (χ1v) is 11.5. The fraction of sp³-hybridized carbons (Fsp3) is 0.280. The van der Waals surface area contributed by atoms with Gasteiger partial charge in [-0.15, -0.1) is 0 Å². The Labute approximate surface area is 202 Å². The first-order chi connectivity index (χ1) is 15.5. The lowest BCUT2D eigenvalue weighted by atomic mass is 9.82. The van der Waals surface area contributed by atoms with Crippen LogP contribution in [0.2, 0.25) is 15.1 Å². The Kier molecular flexibility index (Phi) is 7.72. The monoisotopic (exact) mass is 493 g/mol. The van der Waals surface area contributed by atoms with Crippen LogP contribution in [0.5, 0.6) is 0 Å². The number of rotatable bonds is 7. The van der Waals surface area contributed by atoms with Gasteiger partial charge in [-0.1, -0.05) is 71.2 Å². The normalized spacial score (nSPS) is 20.9. The summed E-state index contributed by atoms with van der Waals surface area (Å²) in [7, 11) is 0. The van der Waals surface area contributed by atoms with Crippen molar-refractivity contribution in [2.45, 2.75) is 31.3 Å². The predicted molar refractivity (Wildman–Crippen MR) is 127 cm³/mol. The van der Waals surface area contributed by atoms with Crippen LogP contribution in [-0.2, 0) is 28.3 Å². The Morgan fingerprint density at radius 2 is 1.72 bits per heavy atom. The number of halogens is 4. The third kappa shape index (κ3) is 5.28. The lowest BCUT2D eigenvalue weighted by Crippen LogP contribution is -2.54. The minimum Gasteiger partial charge on any atom is -0.369 e. The van der Waals surface area contributed by atoms with Gasteiger partial charge in [0.05, 0.1) is 23.3 Å². The molecule has 3 aromatic rings. The summed E-state index contributed by atoms with van der Waals surface area (Å²) in [6.45, 7) is 1.79. The molecule has 3 nitrogen and oxygen atoms in total. The van der Waals surface area contributed by atoms with Crippen molar-refractivity contribution < 1.29 is 13.9 Å². The summed E-state index contributed by atoms with van der Waals surface area (Å²) in [6.07, 6.45) is 0.341. The van der Waals surface area contributed by atoms with Crippen molar-refractivity contribution in [3.63, 3.8) is 0 Å². The predicted octanol–water partition coefficient (Wildman–Crippen LogP) is 6.78. The molecule has 7 heteroatoms. The van der Waals surface area contributed by atoms with Gasteiger partial charge in [-0.3, -0.25) is 0 Å². The fourth-order valence-electron chi connectivity index (χ4n) is 3.99. The number of nitrogens with one attached hydrogen (secondary N) is 1. The van der Waals surface area contributed by atoms with Gasteiger partial charge < -0.3 is 14.8 Å². The average molecular weight is 495 g/mol. The van der Waals surface area contributed by atoms with Crippen molar-refractivity contribution in [3.8, 4) is 0 Å². The van der Waals surface area contributed by atoms with Crippen LogP contribution >= 0.6 is 34.8 Å². The standard InChI is InChI=1S/C25H23Cl3FNO2/c26-20-8-6-19(7-9-20)25(32-16-18-3-1-2-4-23(18)29)11-12-30-14-24(25)31-15-17-5-10-21(27)22(28)13-17/h1-10,13,24,30H,11-12,14-16H2. The van der Waals surface area contributed by atoms with Crippen molar-refractivity contribution >= 4 is 34.8 Å². The third-order valence-corrected chi connectivity index (χ3v) is 6.73. The lowest BCUT2D eigenvalue weighted by Gasteiger charge is -2.44. The second kappa shape index (κ2) is 10.5. The van der Waals surface area contributed by atoms with Gasteiger partial charge in [-0.2, -0.15) is 0 Å². The zero-order chi connectivity index (χ0) is 22.6. The molecule has 4 rings (SSSR count). The lowest BCUT2D eigenvalue weighted by molar-refractivity contribution is -0.176. The molecule has 3 aromatic carbocycles. The highest BCUT2D eigenvalue weighted by Gasteiger charge is 2.44. The number of piperidine rings is 1. The topological polar surface area (TPSA) is 30.5 Å². The summed E-state index contributed by atoms with van der Waals surface area (Å²) in [6, 6.07) is 19.6. The van der Waals surface area contributed by atoms with E-state index in [4.69, 9.17) is 44.3 Å². The molecule has 1 N–H and O–H groups in total. The second-order valence-corrected chi connectivity index (χ2v) is 9.03. The Morgan fingerprint density at radius 3 is 2.47 bits per heavy atom. The first-order valence-electron chi connectivity index (χ1n) is 10.4. The molecule has 1 fully saturated rings. The number of benzene rings is 3. The van der Waals surface area contributed by atoms with Gasteiger partial charge in [-0.05, 0) is 54.4 Å². The van der Waals surface area contributed by atoms with Crippen molar-refractivity contribution in [3.05, 3.63) is 104 Å². The maximum absolute atomic E-state index is 14.3. The van der Waals surface area contributed by atoms with Gasteiger partial charge in [0.1, 0.15) is 17.5 Å². The molecule has 168 valence electrons. The van der Waals surface area contributed by atoms with Gasteiger partial charge in [0.15, 0.2) is 0 Å². The van der Waals surface area contributed by atoms with E-state index in [0.717, 1.165) is 17.7 Å². The summed E-state index contributed by atoms with van der Waals surface area (Å²) < 4.78 is 27.2. The molecule has 1 aliphatic rings. The van der Waals surface area contributed by atoms with Crippen molar-refractivity contribution in [1.82, 2.24) is 5.32 Å². The third-order valence-electron chi connectivity index (χ3n) is 5.73. The molecule has 0 amide bonds. The number of hydrogen-bond acceptors (Lipinski definition) is 3. The number of ether oxygens (including phenoxy) is 2. The molecule has 32 heavy (non-hydrogen) atoms. The maximum Gasteiger partial charge on any atom is 0.128 e. The van der Waals surface area contributed by atoms with Gasteiger partial charge in [0, 0.05) is 17.1 Å². The highest BCUT2D eigenvalue weighted by atomic mass is 35.5. The summed E-state index contributed by atoms with van der Waals surface area (Å²) in [4.78, 5) is 0. The molecular weight excluding hydrogens is 472 g/mol. The van der Waals surface area contributed by atoms with Crippen LogP contribution in [0.3, 0.4) is 0 Å². The van der Waals surface area contributed by atoms with Crippen molar-refractivity contribution in [2.24, 2.45) is 0 Å². The van der Waals surface area contributed by atoms with Crippen molar-refractivity contribution in [2.75, 3.05) is 13.1 Å². The fourth-order valence-corrected chi connectivity index (χ4v) is 4.43. The van der Waals surface area contributed by atoms with Crippen LogP contribution in [0.25, 0.3) is 0 Å². The molecule has 1 heterocycles. The van der Waals surface area contributed by atoms with Gasteiger partial charge in [0.25, 0.3) is 0 Å². The van der Waals surface area contributed by atoms with Crippen LogP contribution in [0.15, 0.2) is 66.7 Å². The largest absolute Gasteiger partial charge is 0.369 e. The van der Waals surface area contributed by atoms with Gasteiger partial charge >= 0.3 is 0 Å². The van der Waals surface area contributed by atoms with Crippen LogP contribution in [0.1, 0.15) is 23.1 Å². The van der Waals surface area contributed by atoms with E-state index in [2.05, 4.69) is 5.32 Å². The average Bonchev–Trinajstić information content (AvgIpc) is 2.80. The molecule has 0 aliphatic carbocycles. The van der Waals surface area contributed by atoms with E-state index in [1.165, 1.54) is 6.07 Å². The first kappa shape index (κ1) is 23.5.